The second-order valence-electron chi connectivity index (χ2n) is 6.85. The van der Waals surface area contributed by atoms with Crippen molar-refractivity contribution in [1.29, 1.82) is 0 Å². The lowest BCUT2D eigenvalue weighted by Gasteiger charge is -2.08. The van der Waals surface area contributed by atoms with Crippen molar-refractivity contribution in [3.63, 3.8) is 0 Å². The summed E-state index contributed by atoms with van der Waals surface area (Å²) in [6.07, 6.45) is 7.56. The Kier molecular flexibility index (Phi) is 3.38. The van der Waals surface area contributed by atoms with Crippen LogP contribution in [-0.4, -0.2) is 24.3 Å². The Bertz CT molecular complexity index is 1090. The molecule has 1 aliphatic carbocycles. The van der Waals surface area contributed by atoms with Gasteiger partial charge in [-0.15, -0.1) is 0 Å². The Morgan fingerprint density at radius 1 is 1.19 bits per heavy atom. The summed E-state index contributed by atoms with van der Waals surface area (Å²) in [5.41, 5.74) is 4.27. The van der Waals surface area contributed by atoms with Crippen LogP contribution in [0.1, 0.15) is 35.8 Å². The third kappa shape index (κ3) is 2.49. The summed E-state index contributed by atoms with van der Waals surface area (Å²) >= 11 is 0. The van der Waals surface area contributed by atoms with Crippen molar-refractivity contribution in [3.05, 3.63) is 72.0 Å². The number of aryl methyl sites for hydroxylation is 1. The second kappa shape index (κ2) is 5.76. The number of hydrogen-bond donors (Lipinski definition) is 0. The Morgan fingerprint density at radius 3 is 2.81 bits per heavy atom. The van der Waals surface area contributed by atoms with E-state index in [1.54, 1.807) is 17.2 Å². The molecule has 0 atom stereocenters. The molecule has 1 aromatic carbocycles. The minimum absolute atomic E-state index is 0.254. The number of benzene rings is 1. The summed E-state index contributed by atoms with van der Waals surface area (Å²) in [4.78, 5) is 8.68. The number of aromatic nitrogens is 5. The van der Waals surface area contributed by atoms with Gasteiger partial charge in [-0.2, -0.15) is 5.10 Å². The molecule has 6 heteroatoms. The van der Waals surface area contributed by atoms with Gasteiger partial charge in [0.05, 0.1) is 35.3 Å². The van der Waals surface area contributed by atoms with E-state index in [-0.39, 0.29) is 5.82 Å². The van der Waals surface area contributed by atoms with Crippen LogP contribution in [0.2, 0.25) is 0 Å². The number of rotatable bonds is 4. The molecule has 3 heterocycles. The SMILES string of the molecule is Cc1cccc(Cn2nc(C3CC3)c3c(-n4ccnc4)ccc(F)c32)n1. The second-order valence-corrected chi connectivity index (χ2v) is 6.85. The van der Waals surface area contributed by atoms with Crippen LogP contribution >= 0.6 is 0 Å². The molecular formula is C20H18FN5. The molecule has 4 aromatic rings. The number of fused-ring (bicyclic) bond motifs is 1. The molecule has 5 rings (SSSR count). The molecule has 1 aliphatic rings. The topological polar surface area (TPSA) is 48.5 Å². The van der Waals surface area contributed by atoms with E-state index in [1.807, 2.05) is 42.0 Å². The molecule has 0 saturated heterocycles. The van der Waals surface area contributed by atoms with Crippen molar-refractivity contribution in [2.45, 2.75) is 32.2 Å². The maximum atomic E-state index is 14.8. The third-order valence-electron chi connectivity index (χ3n) is 4.85. The molecule has 3 aromatic heterocycles. The van der Waals surface area contributed by atoms with E-state index in [0.717, 1.165) is 41.0 Å². The summed E-state index contributed by atoms with van der Waals surface area (Å²) in [7, 11) is 0. The zero-order chi connectivity index (χ0) is 17.7. The highest BCUT2D eigenvalue weighted by Crippen LogP contribution is 2.44. The van der Waals surface area contributed by atoms with Crippen LogP contribution in [0.3, 0.4) is 0 Å². The van der Waals surface area contributed by atoms with E-state index in [0.29, 0.717) is 18.0 Å². The largest absolute Gasteiger partial charge is 0.306 e. The van der Waals surface area contributed by atoms with Crippen molar-refractivity contribution in [1.82, 2.24) is 24.3 Å². The predicted octanol–water partition coefficient (Wildman–Crippen LogP) is 3.99. The molecular weight excluding hydrogens is 329 g/mol. The van der Waals surface area contributed by atoms with E-state index in [1.165, 1.54) is 6.07 Å². The van der Waals surface area contributed by atoms with Crippen LogP contribution in [0.5, 0.6) is 0 Å². The molecule has 0 bridgehead atoms. The van der Waals surface area contributed by atoms with E-state index in [2.05, 4.69) is 9.97 Å². The fourth-order valence-electron chi connectivity index (χ4n) is 3.50. The monoisotopic (exact) mass is 347 g/mol. The van der Waals surface area contributed by atoms with E-state index in [4.69, 9.17) is 5.10 Å². The summed E-state index contributed by atoms with van der Waals surface area (Å²) in [5, 5.41) is 5.70. The average Bonchev–Trinajstić information content (AvgIpc) is 3.18. The molecule has 0 amide bonds. The molecule has 1 saturated carbocycles. The van der Waals surface area contributed by atoms with Gasteiger partial charge in [0.2, 0.25) is 0 Å². The molecule has 5 nitrogen and oxygen atoms in total. The quantitative estimate of drug-likeness (QED) is 0.561. The molecule has 130 valence electrons. The van der Waals surface area contributed by atoms with Crippen molar-refractivity contribution in [2.75, 3.05) is 0 Å². The van der Waals surface area contributed by atoms with Crippen molar-refractivity contribution in [3.8, 4) is 5.69 Å². The molecule has 26 heavy (non-hydrogen) atoms. The summed E-state index contributed by atoms with van der Waals surface area (Å²) in [6, 6.07) is 9.20. The standard InChI is InChI=1S/C20H18FN5/c1-13-3-2-4-15(23-13)11-26-20-16(21)7-8-17(25-10-9-22-12-25)18(20)19(24-26)14-5-6-14/h2-4,7-10,12,14H,5-6,11H2,1H3. The van der Waals surface area contributed by atoms with Gasteiger partial charge in [0.1, 0.15) is 11.3 Å². The highest BCUT2D eigenvalue weighted by Gasteiger charge is 2.31. The number of halogens is 1. The first kappa shape index (κ1) is 15.3. The lowest BCUT2D eigenvalue weighted by molar-refractivity contribution is 0.611. The number of imidazole rings is 1. The minimum Gasteiger partial charge on any atom is -0.306 e. The van der Waals surface area contributed by atoms with Gasteiger partial charge in [0.15, 0.2) is 0 Å². The van der Waals surface area contributed by atoms with Gasteiger partial charge in [0.25, 0.3) is 0 Å². The third-order valence-corrected chi connectivity index (χ3v) is 4.85. The Hall–Kier alpha value is -3.02. The Balaban J connectivity index is 1.73. The fourth-order valence-corrected chi connectivity index (χ4v) is 3.50. The summed E-state index contributed by atoms with van der Waals surface area (Å²) in [5.74, 6) is 0.157. The van der Waals surface area contributed by atoms with Gasteiger partial charge in [-0.3, -0.25) is 9.67 Å². The zero-order valence-electron chi connectivity index (χ0n) is 14.4. The molecule has 0 N–H and O–H groups in total. The Morgan fingerprint density at radius 2 is 2.08 bits per heavy atom. The summed E-state index contributed by atoms with van der Waals surface area (Å²) < 4.78 is 18.5. The van der Waals surface area contributed by atoms with Crippen LogP contribution in [0.25, 0.3) is 16.6 Å². The first-order valence-corrected chi connectivity index (χ1v) is 8.80. The van der Waals surface area contributed by atoms with Crippen LogP contribution < -0.4 is 0 Å². The predicted molar refractivity (Wildman–Crippen MR) is 96.9 cm³/mol. The number of hydrogen-bond acceptors (Lipinski definition) is 3. The van der Waals surface area contributed by atoms with Crippen LogP contribution in [0, 0.1) is 12.7 Å². The Labute approximate surface area is 150 Å². The van der Waals surface area contributed by atoms with Gasteiger partial charge in [-0.25, -0.2) is 9.37 Å². The fraction of sp³-hybridized carbons (Fsp3) is 0.250. The van der Waals surface area contributed by atoms with Gasteiger partial charge in [-0.1, -0.05) is 6.07 Å². The normalized spacial score (nSPS) is 14.2. The highest BCUT2D eigenvalue weighted by molar-refractivity contribution is 5.91. The van der Waals surface area contributed by atoms with E-state index >= 15 is 0 Å². The van der Waals surface area contributed by atoms with Gasteiger partial charge >= 0.3 is 0 Å². The van der Waals surface area contributed by atoms with Gasteiger partial charge < -0.3 is 4.57 Å². The minimum atomic E-state index is -0.254. The molecule has 0 aliphatic heterocycles. The van der Waals surface area contributed by atoms with Crippen molar-refractivity contribution >= 4 is 10.9 Å². The number of nitrogens with zero attached hydrogens (tertiary/aromatic N) is 5. The lowest BCUT2D eigenvalue weighted by Crippen LogP contribution is -2.05. The van der Waals surface area contributed by atoms with Crippen LogP contribution in [-0.2, 0) is 6.54 Å². The van der Waals surface area contributed by atoms with Crippen LogP contribution in [0.15, 0.2) is 49.1 Å². The van der Waals surface area contributed by atoms with E-state index < -0.39 is 0 Å². The molecule has 0 unspecified atom stereocenters. The maximum absolute atomic E-state index is 14.8. The van der Waals surface area contributed by atoms with Crippen LogP contribution in [0.4, 0.5) is 4.39 Å². The molecule has 1 fully saturated rings. The first-order valence-electron chi connectivity index (χ1n) is 8.80. The maximum Gasteiger partial charge on any atom is 0.149 e. The van der Waals surface area contributed by atoms with Gasteiger partial charge in [-0.05, 0) is 44.0 Å². The first-order chi connectivity index (χ1) is 12.7. The summed E-state index contributed by atoms with van der Waals surface area (Å²) in [6.45, 7) is 2.41. The highest BCUT2D eigenvalue weighted by atomic mass is 19.1. The van der Waals surface area contributed by atoms with E-state index in [9.17, 15) is 4.39 Å². The van der Waals surface area contributed by atoms with Gasteiger partial charge in [0, 0.05) is 24.0 Å². The van der Waals surface area contributed by atoms with Crippen molar-refractivity contribution in [2.24, 2.45) is 0 Å². The smallest absolute Gasteiger partial charge is 0.149 e. The number of pyridine rings is 1. The van der Waals surface area contributed by atoms with Crippen molar-refractivity contribution < 1.29 is 4.39 Å². The zero-order valence-corrected chi connectivity index (χ0v) is 14.4. The lowest BCUT2D eigenvalue weighted by atomic mass is 10.1. The average molecular weight is 347 g/mol. The molecule has 0 radical (unpaired) electrons. The molecule has 0 spiro atoms.